The largest absolute Gasteiger partial charge is 0.399 e. The second-order valence-corrected chi connectivity index (χ2v) is 2.85. The van der Waals surface area contributed by atoms with Crippen LogP contribution in [0.5, 0.6) is 0 Å². The average Bonchev–Trinajstić information content (AvgIpc) is 2.32. The molecule has 15 heavy (non-hydrogen) atoms. The van der Waals surface area contributed by atoms with Gasteiger partial charge in [-0.25, -0.2) is 0 Å². The summed E-state index contributed by atoms with van der Waals surface area (Å²) in [6.45, 7) is 0. The number of hydrogen-bond donors (Lipinski definition) is 1. The van der Waals surface area contributed by atoms with E-state index in [1.165, 1.54) is 0 Å². The first-order chi connectivity index (χ1) is 7.33. The van der Waals surface area contributed by atoms with Crippen molar-refractivity contribution in [3.8, 4) is 0 Å². The third-order valence-corrected chi connectivity index (χ3v) is 1.67. The zero-order chi connectivity index (χ0) is 10.9. The molecule has 3 nitrogen and oxygen atoms in total. The second kappa shape index (κ2) is 6.17. The first-order valence-corrected chi connectivity index (χ1v) is 4.53. The number of hydrogen-bond acceptors (Lipinski definition) is 2. The van der Waals surface area contributed by atoms with Crippen LogP contribution in [0.15, 0.2) is 60.7 Å². The molecule has 0 saturated heterocycles. The predicted molar refractivity (Wildman–Crippen MR) is 62.0 cm³/mol. The maximum Gasteiger partial charge on any atom is 0.385 e. The summed E-state index contributed by atoms with van der Waals surface area (Å²) in [5.41, 5.74) is 6.77. The van der Waals surface area contributed by atoms with Gasteiger partial charge < -0.3 is 5.73 Å². The molecular formula is C12H12N3+. The Morgan fingerprint density at radius 1 is 0.800 bits per heavy atom. The minimum Gasteiger partial charge on any atom is -0.399 e. The lowest BCUT2D eigenvalue weighted by Gasteiger charge is -1.83. The normalized spacial score (nSPS) is 8.20. The van der Waals surface area contributed by atoms with Crippen LogP contribution in [-0.4, -0.2) is 0 Å². The van der Waals surface area contributed by atoms with Crippen LogP contribution >= 0.6 is 0 Å². The van der Waals surface area contributed by atoms with Crippen LogP contribution in [0.1, 0.15) is 0 Å². The molecule has 0 heterocycles. The predicted octanol–water partition coefficient (Wildman–Crippen LogP) is 3.44. The molecule has 0 saturated carbocycles. The maximum absolute atomic E-state index is 8.16. The van der Waals surface area contributed by atoms with Gasteiger partial charge in [-0.15, -0.1) is 0 Å². The van der Waals surface area contributed by atoms with Crippen molar-refractivity contribution in [2.45, 2.75) is 0 Å². The topological polar surface area (TPSA) is 54.2 Å². The number of para-hydroxylation sites is 1. The molecule has 0 aromatic heterocycles. The monoisotopic (exact) mass is 198 g/mol. The van der Waals surface area contributed by atoms with Crippen molar-refractivity contribution in [3.63, 3.8) is 0 Å². The molecule has 0 unspecified atom stereocenters. The van der Waals surface area contributed by atoms with Crippen molar-refractivity contribution >= 4 is 11.4 Å². The standard InChI is InChI=1S/C6H5N2.C6H7N/c7-8-6-4-2-1-3-5-6;7-6-4-2-1-3-5-6/h1-5H;1-5H,7H2/q+1;. The highest BCUT2D eigenvalue weighted by molar-refractivity contribution is 5.42. The van der Waals surface area contributed by atoms with Gasteiger partial charge in [0.1, 0.15) is 0 Å². The van der Waals surface area contributed by atoms with Crippen LogP contribution in [0.4, 0.5) is 11.4 Å². The zero-order valence-corrected chi connectivity index (χ0v) is 8.25. The van der Waals surface area contributed by atoms with Crippen LogP contribution in [0.25, 0.3) is 4.98 Å². The number of anilines is 1. The molecule has 0 fully saturated rings. The molecule has 0 spiro atoms. The number of nitrogens with two attached hydrogens (primary N) is 1. The van der Waals surface area contributed by atoms with E-state index < -0.39 is 0 Å². The van der Waals surface area contributed by atoms with Gasteiger partial charge in [-0.1, -0.05) is 36.4 Å². The number of benzene rings is 2. The summed E-state index contributed by atoms with van der Waals surface area (Å²) in [5, 5.41) is 8.16. The zero-order valence-electron chi connectivity index (χ0n) is 8.25. The summed E-state index contributed by atoms with van der Waals surface area (Å²) in [7, 11) is 0. The Morgan fingerprint density at radius 2 is 1.27 bits per heavy atom. The van der Waals surface area contributed by atoms with Gasteiger partial charge in [0.05, 0.1) is 0 Å². The maximum atomic E-state index is 8.16. The molecule has 74 valence electrons. The van der Waals surface area contributed by atoms with Crippen LogP contribution in [0.3, 0.4) is 0 Å². The second-order valence-electron chi connectivity index (χ2n) is 2.85. The Morgan fingerprint density at radius 3 is 1.53 bits per heavy atom. The van der Waals surface area contributed by atoms with E-state index in [1.807, 2.05) is 48.5 Å². The van der Waals surface area contributed by atoms with Gasteiger partial charge >= 0.3 is 5.69 Å². The fourth-order valence-electron chi connectivity index (χ4n) is 0.948. The fraction of sp³-hybridized carbons (Fsp3) is 0. The van der Waals surface area contributed by atoms with E-state index in [4.69, 9.17) is 11.1 Å². The third kappa shape index (κ3) is 4.44. The van der Waals surface area contributed by atoms with Gasteiger partial charge in [0, 0.05) is 17.8 Å². The molecule has 0 aliphatic heterocycles. The van der Waals surface area contributed by atoms with Gasteiger partial charge in [0.15, 0.2) is 4.98 Å². The van der Waals surface area contributed by atoms with Gasteiger partial charge in [0.25, 0.3) is 0 Å². The number of nitrogens with zero attached hydrogens (tertiary/aromatic N) is 2. The quantitative estimate of drug-likeness (QED) is 0.520. The highest BCUT2D eigenvalue weighted by Crippen LogP contribution is 2.07. The van der Waals surface area contributed by atoms with Gasteiger partial charge in [-0.05, 0) is 12.1 Å². The van der Waals surface area contributed by atoms with Crippen molar-refractivity contribution in [2.75, 3.05) is 5.73 Å². The summed E-state index contributed by atoms with van der Waals surface area (Å²) in [6, 6.07) is 18.4. The molecule has 0 bridgehead atoms. The number of rotatable bonds is 0. The Bertz CT molecular complexity index is 418. The molecule has 0 aliphatic rings. The molecule has 0 radical (unpaired) electrons. The van der Waals surface area contributed by atoms with Crippen molar-refractivity contribution < 1.29 is 0 Å². The third-order valence-electron chi connectivity index (χ3n) is 1.67. The summed E-state index contributed by atoms with van der Waals surface area (Å²) >= 11 is 0. The molecule has 0 atom stereocenters. The van der Waals surface area contributed by atoms with E-state index in [2.05, 4.69) is 4.98 Å². The van der Waals surface area contributed by atoms with E-state index in [0.29, 0.717) is 5.69 Å². The van der Waals surface area contributed by atoms with Gasteiger partial charge in [0.2, 0.25) is 5.39 Å². The Hall–Kier alpha value is -2.34. The number of diazo groups is 1. The molecule has 0 aliphatic carbocycles. The SMILES string of the molecule is N#[N+]c1ccccc1.Nc1ccccc1. The summed E-state index contributed by atoms with van der Waals surface area (Å²) in [4.78, 5) is 2.97. The highest BCUT2D eigenvalue weighted by atomic mass is 14.8. The molecular weight excluding hydrogens is 186 g/mol. The Balaban J connectivity index is 0.000000151. The van der Waals surface area contributed by atoms with Crippen LogP contribution in [0, 0.1) is 5.39 Å². The van der Waals surface area contributed by atoms with E-state index in [1.54, 1.807) is 12.1 Å². The lowest BCUT2D eigenvalue weighted by atomic mass is 10.3. The molecule has 2 rings (SSSR count). The first kappa shape index (κ1) is 10.7. The molecule has 2 aromatic rings. The smallest absolute Gasteiger partial charge is 0.385 e. The van der Waals surface area contributed by atoms with Crippen LogP contribution < -0.4 is 5.73 Å². The van der Waals surface area contributed by atoms with E-state index in [0.717, 1.165) is 5.69 Å². The molecule has 3 heteroatoms. The van der Waals surface area contributed by atoms with Crippen molar-refractivity contribution in [1.82, 2.24) is 0 Å². The summed E-state index contributed by atoms with van der Waals surface area (Å²) in [5.74, 6) is 0. The lowest BCUT2D eigenvalue weighted by molar-refractivity contribution is 1.46. The van der Waals surface area contributed by atoms with Crippen LogP contribution in [0.2, 0.25) is 0 Å². The minimum absolute atomic E-state index is 0.590. The lowest BCUT2D eigenvalue weighted by Crippen LogP contribution is -1.79. The molecule has 0 amide bonds. The summed E-state index contributed by atoms with van der Waals surface area (Å²) in [6.07, 6.45) is 0. The Labute approximate surface area is 88.8 Å². The molecule has 2 N–H and O–H groups in total. The van der Waals surface area contributed by atoms with E-state index >= 15 is 0 Å². The van der Waals surface area contributed by atoms with E-state index in [-0.39, 0.29) is 0 Å². The van der Waals surface area contributed by atoms with Gasteiger partial charge in [-0.2, -0.15) is 0 Å². The fourth-order valence-corrected chi connectivity index (χ4v) is 0.948. The summed E-state index contributed by atoms with van der Waals surface area (Å²) < 4.78 is 0. The van der Waals surface area contributed by atoms with Crippen molar-refractivity contribution in [3.05, 3.63) is 65.6 Å². The average molecular weight is 198 g/mol. The Kier molecular flexibility index (Phi) is 4.41. The molecule has 2 aromatic carbocycles. The van der Waals surface area contributed by atoms with Gasteiger partial charge in [-0.3, -0.25) is 0 Å². The highest BCUT2D eigenvalue weighted by Gasteiger charge is 1.95. The van der Waals surface area contributed by atoms with Crippen LogP contribution in [-0.2, 0) is 0 Å². The van der Waals surface area contributed by atoms with Crippen molar-refractivity contribution in [2.24, 2.45) is 0 Å². The van der Waals surface area contributed by atoms with E-state index in [9.17, 15) is 0 Å². The number of nitrogen functional groups attached to an aromatic ring is 1. The minimum atomic E-state index is 0.590. The van der Waals surface area contributed by atoms with Crippen molar-refractivity contribution in [1.29, 1.82) is 5.39 Å². The first-order valence-electron chi connectivity index (χ1n) is 4.53.